The van der Waals surface area contributed by atoms with Crippen molar-refractivity contribution in [1.82, 2.24) is 4.98 Å². The van der Waals surface area contributed by atoms with Crippen LogP contribution in [0, 0.1) is 0 Å². The highest BCUT2D eigenvalue weighted by Gasteiger charge is 2.19. The van der Waals surface area contributed by atoms with E-state index < -0.39 is 18.2 Å². The summed E-state index contributed by atoms with van der Waals surface area (Å²) in [6, 6.07) is 1.43. The van der Waals surface area contributed by atoms with Gasteiger partial charge in [-0.2, -0.15) is 12.6 Å². The molecule has 0 saturated heterocycles. The number of H-pyrrole nitrogens is 1. The average molecular weight is 231 g/mol. The van der Waals surface area contributed by atoms with E-state index >= 15 is 0 Å². The van der Waals surface area contributed by atoms with Crippen molar-refractivity contribution in [1.29, 1.82) is 0 Å². The molecule has 15 heavy (non-hydrogen) atoms. The average Bonchev–Trinajstić information content (AvgIpc) is 2.75. The van der Waals surface area contributed by atoms with Crippen LogP contribution >= 0.6 is 12.6 Å². The zero-order valence-corrected chi connectivity index (χ0v) is 9.07. The third-order valence-electron chi connectivity index (χ3n) is 2.00. The van der Waals surface area contributed by atoms with Crippen molar-refractivity contribution in [3.63, 3.8) is 0 Å². The van der Waals surface area contributed by atoms with E-state index in [1.165, 1.54) is 19.4 Å². The summed E-state index contributed by atoms with van der Waals surface area (Å²) >= 11 is 3.86. The third-order valence-corrected chi connectivity index (χ3v) is 2.38. The van der Waals surface area contributed by atoms with E-state index in [9.17, 15) is 15.0 Å². The van der Waals surface area contributed by atoms with Crippen LogP contribution in [0.1, 0.15) is 22.2 Å². The molecule has 0 aromatic carbocycles. The molecule has 1 heterocycles. The summed E-state index contributed by atoms with van der Waals surface area (Å²) < 4.78 is 4.49. The summed E-state index contributed by atoms with van der Waals surface area (Å²) in [5.74, 6) is -0.381. The molecule has 0 saturated carbocycles. The van der Waals surface area contributed by atoms with Crippen LogP contribution in [0.4, 0.5) is 0 Å². The fourth-order valence-corrected chi connectivity index (χ4v) is 1.33. The molecule has 0 bridgehead atoms. The Hall–Kier alpha value is -0.980. The van der Waals surface area contributed by atoms with Gasteiger partial charge in [-0.25, -0.2) is 4.79 Å². The number of carbonyl (C=O) groups excluding carboxylic acids is 1. The first-order valence-corrected chi connectivity index (χ1v) is 4.97. The van der Waals surface area contributed by atoms with Crippen LogP contribution in [0.3, 0.4) is 0 Å². The highest BCUT2D eigenvalue weighted by Crippen LogP contribution is 2.18. The molecule has 0 spiro atoms. The molecule has 0 aliphatic carbocycles. The van der Waals surface area contributed by atoms with Gasteiger partial charge in [0, 0.05) is 17.5 Å². The topological polar surface area (TPSA) is 82.6 Å². The van der Waals surface area contributed by atoms with Crippen molar-refractivity contribution in [3.8, 4) is 0 Å². The van der Waals surface area contributed by atoms with Crippen molar-refractivity contribution in [2.45, 2.75) is 12.2 Å². The molecule has 2 unspecified atom stereocenters. The minimum Gasteiger partial charge on any atom is -0.464 e. The fourth-order valence-electron chi connectivity index (χ4n) is 1.13. The van der Waals surface area contributed by atoms with Gasteiger partial charge in [-0.3, -0.25) is 0 Å². The van der Waals surface area contributed by atoms with E-state index in [0.717, 1.165) is 0 Å². The van der Waals surface area contributed by atoms with Crippen LogP contribution in [-0.2, 0) is 4.74 Å². The highest BCUT2D eigenvalue weighted by molar-refractivity contribution is 7.80. The zero-order chi connectivity index (χ0) is 11.4. The molecular weight excluding hydrogens is 218 g/mol. The van der Waals surface area contributed by atoms with Crippen LogP contribution in [0.2, 0.25) is 0 Å². The number of aromatic nitrogens is 1. The van der Waals surface area contributed by atoms with E-state index in [1.54, 1.807) is 0 Å². The largest absolute Gasteiger partial charge is 0.464 e. The molecule has 6 heteroatoms. The second-order valence-corrected chi connectivity index (χ2v) is 3.40. The molecule has 0 radical (unpaired) electrons. The summed E-state index contributed by atoms with van der Waals surface area (Å²) in [5, 5.41) is 18.9. The number of thiol groups is 1. The van der Waals surface area contributed by atoms with Crippen LogP contribution < -0.4 is 0 Å². The Morgan fingerprint density at radius 1 is 1.67 bits per heavy atom. The summed E-state index contributed by atoms with van der Waals surface area (Å²) in [5.41, 5.74) is 0.662. The van der Waals surface area contributed by atoms with Gasteiger partial charge >= 0.3 is 5.97 Å². The molecule has 0 amide bonds. The molecule has 0 aliphatic heterocycles. The van der Waals surface area contributed by atoms with Gasteiger partial charge in [0.1, 0.15) is 11.8 Å². The lowest BCUT2D eigenvalue weighted by molar-refractivity contribution is 0.0338. The third kappa shape index (κ3) is 2.74. The smallest absolute Gasteiger partial charge is 0.354 e. The monoisotopic (exact) mass is 231 g/mol. The quantitative estimate of drug-likeness (QED) is 0.438. The molecule has 0 fully saturated rings. The number of aliphatic hydroxyl groups excluding tert-OH is 2. The molecule has 0 aliphatic rings. The van der Waals surface area contributed by atoms with E-state index in [0.29, 0.717) is 5.56 Å². The van der Waals surface area contributed by atoms with Crippen molar-refractivity contribution < 1.29 is 19.7 Å². The lowest BCUT2D eigenvalue weighted by Gasteiger charge is -2.13. The Morgan fingerprint density at radius 3 is 2.87 bits per heavy atom. The Labute approximate surface area is 92.5 Å². The molecular formula is C9H13NO4S. The number of ether oxygens (including phenoxy) is 1. The summed E-state index contributed by atoms with van der Waals surface area (Å²) in [7, 11) is 1.27. The van der Waals surface area contributed by atoms with Crippen LogP contribution in [0.5, 0.6) is 0 Å². The molecule has 1 aromatic heterocycles. The van der Waals surface area contributed by atoms with Crippen molar-refractivity contribution >= 4 is 18.6 Å². The van der Waals surface area contributed by atoms with Gasteiger partial charge in [0.15, 0.2) is 0 Å². The van der Waals surface area contributed by atoms with E-state index in [1.807, 2.05) is 0 Å². The number of hydrogen-bond donors (Lipinski definition) is 4. The predicted octanol–water partition coefficient (Wildman–Crippen LogP) is 0.125. The minimum atomic E-state index is -1.06. The first-order chi connectivity index (χ1) is 7.10. The fraction of sp³-hybridized carbons (Fsp3) is 0.444. The molecule has 84 valence electrons. The van der Waals surface area contributed by atoms with E-state index in [-0.39, 0.29) is 11.4 Å². The highest BCUT2D eigenvalue weighted by atomic mass is 32.1. The maximum Gasteiger partial charge on any atom is 0.354 e. The Balaban J connectivity index is 2.79. The standard InChI is InChI=1S/C9H13NO4S/c1-14-9(13)6-2-5(3-10-6)8(12)7(11)4-15/h2-3,7-8,10-12,15H,4H2,1H3. The molecule has 1 aromatic rings. The normalized spacial score (nSPS) is 14.7. The predicted molar refractivity (Wildman–Crippen MR) is 57.0 cm³/mol. The maximum atomic E-state index is 11.1. The first-order valence-electron chi connectivity index (χ1n) is 4.33. The van der Waals surface area contributed by atoms with Gasteiger partial charge in [0.25, 0.3) is 0 Å². The second-order valence-electron chi connectivity index (χ2n) is 3.03. The Morgan fingerprint density at radius 2 is 2.33 bits per heavy atom. The van der Waals surface area contributed by atoms with Crippen molar-refractivity contribution in [2.75, 3.05) is 12.9 Å². The number of aliphatic hydroxyl groups is 2. The number of carbonyl (C=O) groups is 1. The van der Waals surface area contributed by atoms with Gasteiger partial charge in [-0.05, 0) is 6.07 Å². The molecule has 3 N–H and O–H groups in total. The van der Waals surface area contributed by atoms with Gasteiger partial charge < -0.3 is 19.9 Å². The second kappa shape index (κ2) is 5.20. The molecule has 2 atom stereocenters. The number of rotatable bonds is 4. The molecule has 5 nitrogen and oxygen atoms in total. The molecule has 1 rings (SSSR count). The van der Waals surface area contributed by atoms with Gasteiger partial charge in [-0.1, -0.05) is 0 Å². The van der Waals surface area contributed by atoms with E-state index in [2.05, 4.69) is 22.3 Å². The Kier molecular flexibility index (Phi) is 4.19. The number of aromatic amines is 1. The summed E-state index contributed by atoms with van der Waals surface area (Å²) in [6.45, 7) is 0. The first kappa shape index (κ1) is 12.1. The van der Waals surface area contributed by atoms with Gasteiger partial charge in [0.2, 0.25) is 0 Å². The lowest BCUT2D eigenvalue weighted by Crippen LogP contribution is -2.19. The number of hydrogen-bond acceptors (Lipinski definition) is 5. The summed E-state index contributed by atoms with van der Waals surface area (Å²) in [4.78, 5) is 13.7. The van der Waals surface area contributed by atoms with Crippen LogP contribution in [0.15, 0.2) is 12.3 Å². The Bertz CT molecular complexity index is 339. The van der Waals surface area contributed by atoms with Gasteiger partial charge in [0.05, 0.1) is 13.2 Å². The number of methoxy groups -OCH3 is 1. The van der Waals surface area contributed by atoms with Crippen LogP contribution in [-0.4, -0.2) is 40.1 Å². The SMILES string of the molecule is COC(=O)c1cc(C(O)C(O)CS)c[nH]1. The lowest BCUT2D eigenvalue weighted by atomic mass is 10.1. The van der Waals surface area contributed by atoms with Crippen molar-refractivity contribution in [3.05, 3.63) is 23.5 Å². The van der Waals surface area contributed by atoms with Gasteiger partial charge in [-0.15, -0.1) is 0 Å². The van der Waals surface area contributed by atoms with Crippen molar-refractivity contribution in [2.24, 2.45) is 0 Å². The number of nitrogens with one attached hydrogen (secondary N) is 1. The number of esters is 1. The zero-order valence-electron chi connectivity index (χ0n) is 8.17. The minimum absolute atomic E-state index is 0.139. The summed E-state index contributed by atoms with van der Waals surface area (Å²) in [6.07, 6.45) is -0.574. The maximum absolute atomic E-state index is 11.1. The van der Waals surface area contributed by atoms with E-state index in [4.69, 9.17) is 0 Å². The van der Waals surface area contributed by atoms with Crippen LogP contribution in [0.25, 0.3) is 0 Å².